The molecule has 1 aromatic carbocycles. The van der Waals surface area contributed by atoms with E-state index in [1.165, 1.54) is 15.3 Å². The number of hydrogen-bond acceptors (Lipinski definition) is 3. The quantitative estimate of drug-likeness (QED) is 0.851. The molecule has 1 aliphatic heterocycles. The van der Waals surface area contributed by atoms with Crippen LogP contribution in [-0.2, 0) is 6.54 Å². The highest BCUT2D eigenvalue weighted by Crippen LogP contribution is 2.12. The second-order valence-electron chi connectivity index (χ2n) is 5.70. The smallest absolute Gasteiger partial charge is 0.103 e. The Hall–Kier alpha value is -1.36. The number of hydrazone groups is 1. The van der Waals surface area contributed by atoms with Crippen molar-refractivity contribution in [1.29, 1.82) is 0 Å². The van der Waals surface area contributed by atoms with Crippen molar-refractivity contribution in [3.8, 4) is 0 Å². The van der Waals surface area contributed by atoms with Crippen molar-refractivity contribution in [2.45, 2.75) is 13.5 Å². The average Bonchev–Trinajstić information content (AvgIpc) is 2.94. The second kappa shape index (κ2) is 7.27. The van der Waals surface area contributed by atoms with Gasteiger partial charge in [-0.2, -0.15) is 5.10 Å². The summed E-state index contributed by atoms with van der Waals surface area (Å²) in [6.45, 7) is 7.49. The molecule has 1 aromatic heterocycles. The predicted octanol–water partition coefficient (Wildman–Crippen LogP) is 2.44. The summed E-state index contributed by atoms with van der Waals surface area (Å²) in [5.41, 5.74) is 1.35. The van der Waals surface area contributed by atoms with Crippen LogP contribution in [0.2, 0.25) is 5.02 Å². The van der Waals surface area contributed by atoms with Gasteiger partial charge in [0, 0.05) is 20.3 Å². The Kier molecular flexibility index (Phi) is 5.13. The first kappa shape index (κ1) is 15.5. The zero-order chi connectivity index (χ0) is 15.4. The van der Waals surface area contributed by atoms with E-state index in [1.807, 2.05) is 18.3 Å². The number of aryl methyl sites for hydroxylation is 1. The molecule has 1 saturated heterocycles. The fourth-order valence-electron chi connectivity index (χ4n) is 2.66. The summed E-state index contributed by atoms with van der Waals surface area (Å²) in [6.07, 6.45) is 1.99. The normalized spacial score (nSPS) is 16.5. The maximum absolute atomic E-state index is 5.93. The van der Waals surface area contributed by atoms with E-state index in [9.17, 15) is 0 Å². The fraction of sp³-hybridized carbons (Fsp3) is 0.353. The largest absolute Gasteiger partial charge is 0.328 e. The lowest BCUT2D eigenvalue weighted by Gasteiger charge is -2.30. The minimum Gasteiger partial charge on any atom is -0.328 e. The molecule has 2 heterocycles. The zero-order valence-corrected chi connectivity index (χ0v) is 14.3. The van der Waals surface area contributed by atoms with E-state index in [1.54, 1.807) is 16.2 Å². The van der Waals surface area contributed by atoms with Gasteiger partial charge in [-0.1, -0.05) is 23.7 Å². The van der Waals surface area contributed by atoms with Gasteiger partial charge in [0.1, 0.15) is 6.54 Å². The van der Waals surface area contributed by atoms with Crippen molar-refractivity contribution >= 4 is 29.2 Å². The van der Waals surface area contributed by atoms with Crippen LogP contribution in [0.15, 0.2) is 41.5 Å². The molecule has 0 saturated carbocycles. The van der Waals surface area contributed by atoms with Crippen molar-refractivity contribution in [3.05, 3.63) is 56.7 Å². The standard InChI is InChI=1S/C17H20ClN3S/c1-14-2-7-17(22-14)12-19-21-10-8-20(9-11-21)13-15-3-5-16(18)6-4-15/h2-7,12H,8-11,13H2,1H3/p+1/b19-12-. The minimum atomic E-state index is 0.807. The molecule has 3 nitrogen and oxygen atoms in total. The number of nitrogens with one attached hydrogen (secondary N) is 1. The first-order chi connectivity index (χ1) is 10.7. The van der Waals surface area contributed by atoms with E-state index < -0.39 is 0 Å². The molecule has 0 aliphatic carbocycles. The van der Waals surface area contributed by atoms with Crippen LogP contribution in [0.1, 0.15) is 15.3 Å². The highest BCUT2D eigenvalue weighted by molar-refractivity contribution is 7.13. The Bertz CT molecular complexity index is 628. The van der Waals surface area contributed by atoms with Crippen LogP contribution in [0.5, 0.6) is 0 Å². The molecule has 0 spiro atoms. The molecule has 116 valence electrons. The fourth-order valence-corrected chi connectivity index (χ4v) is 3.53. The van der Waals surface area contributed by atoms with E-state index >= 15 is 0 Å². The van der Waals surface area contributed by atoms with Crippen LogP contribution in [0.25, 0.3) is 0 Å². The Balaban J connectivity index is 1.48. The van der Waals surface area contributed by atoms with E-state index in [2.05, 4.69) is 41.3 Å². The Labute approximate surface area is 140 Å². The summed E-state index contributed by atoms with van der Waals surface area (Å²) >= 11 is 7.72. The van der Waals surface area contributed by atoms with Gasteiger partial charge in [-0.05, 0) is 31.2 Å². The van der Waals surface area contributed by atoms with E-state index in [4.69, 9.17) is 11.6 Å². The zero-order valence-electron chi connectivity index (χ0n) is 12.8. The Morgan fingerprint density at radius 2 is 1.91 bits per heavy atom. The van der Waals surface area contributed by atoms with Gasteiger partial charge < -0.3 is 4.90 Å². The highest BCUT2D eigenvalue weighted by atomic mass is 35.5. The van der Waals surface area contributed by atoms with Crippen LogP contribution >= 0.6 is 22.9 Å². The minimum absolute atomic E-state index is 0.807. The summed E-state index contributed by atoms with van der Waals surface area (Å²) in [7, 11) is 0. The van der Waals surface area contributed by atoms with Gasteiger partial charge in [0.2, 0.25) is 0 Å². The number of piperazine rings is 1. The maximum atomic E-state index is 5.93. The molecule has 0 atom stereocenters. The third-order valence-electron chi connectivity index (χ3n) is 3.92. The molecule has 2 aromatic rings. The van der Waals surface area contributed by atoms with Crippen molar-refractivity contribution in [3.63, 3.8) is 0 Å². The molecule has 0 bridgehead atoms. The first-order valence-electron chi connectivity index (χ1n) is 7.62. The molecule has 3 rings (SSSR count). The van der Waals surface area contributed by atoms with Gasteiger partial charge >= 0.3 is 0 Å². The van der Waals surface area contributed by atoms with Crippen LogP contribution in [0, 0.1) is 6.92 Å². The number of benzene rings is 1. The monoisotopic (exact) mass is 334 g/mol. The third kappa shape index (κ3) is 4.32. The van der Waals surface area contributed by atoms with Crippen LogP contribution < -0.4 is 4.90 Å². The summed E-state index contributed by atoms with van der Waals surface area (Å²) < 4.78 is 0. The molecule has 1 N–H and O–H groups in total. The van der Waals surface area contributed by atoms with Gasteiger partial charge in [-0.3, -0.25) is 5.01 Å². The van der Waals surface area contributed by atoms with Crippen molar-refractivity contribution in [2.75, 3.05) is 26.2 Å². The number of rotatable bonds is 4. The average molecular weight is 335 g/mol. The number of quaternary nitrogens is 1. The summed E-state index contributed by atoms with van der Waals surface area (Å²) in [6, 6.07) is 12.5. The van der Waals surface area contributed by atoms with Crippen molar-refractivity contribution in [2.24, 2.45) is 5.10 Å². The molecule has 1 aliphatic rings. The number of halogens is 1. The molecular formula is C17H21ClN3S+. The predicted molar refractivity (Wildman–Crippen MR) is 94.1 cm³/mol. The Morgan fingerprint density at radius 3 is 2.55 bits per heavy atom. The lowest BCUT2D eigenvalue weighted by Crippen LogP contribution is -3.13. The topological polar surface area (TPSA) is 20.0 Å². The third-order valence-corrected chi connectivity index (χ3v) is 5.11. The number of hydrogen-bond donors (Lipinski definition) is 1. The molecule has 0 unspecified atom stereocenters. The van der Waals surface area contributed by atoms with Gasteiger partial charge in [-0.15, -0.1) is 11.3 Å². The summed E-state index contributed by atoms with van der Waals surface area (Å²) in [5, 5.41) is 7.60. The van der Waals surface area contributed by atoms with Gasteiger partial charge in [0.05, 0.1) is 32.4 Å². The number of thiophene rings is 1. The SMILES string of the molecule is Cc1ccc(/C=N\N2CC[NH+](Cc3ccc(Cl)cc3)CC2)s1. The molecule has 1 fully saturated rings. The summed E-state index contributed by atoms with van der Waals surface area (Å²) in [4.78, 5) is 4.17. The molecule has 22 heavy (non-hydrogen) atoms. The van der Waals surface area contributed by atoms with Crippen LogP contribution in [0.3, 0.4) is 0 Å². The van der Waals surface area contributed by atoms with Crippen LogP contribution in [-0.4, -0.2) is 37.4 Å². The lowest BCUT2D eigenvalue weighted by atomic mass is 10.2. The second-order valence-corrected chi connectivity index (χ2v) is 7.46. The van der Waals surface area contributed by atoms with Crippen molar-refractivity contribution < 1.29 is 4.90 Å². The van der Waals surface area contributed by atoms with E-state index in [0.717, 1.165) is 37.7 Å². The van der Waals surface area contributed by atoms with Crippen molar-refractivity contribution in [1.82, 2.24) is 5.01 Å². The summed E-state index contributed by atoms with van der Waals surface area (Å²) in [5.74, 6) is 0. The highest BCUT2D eigenvalue weighted by Gasteiger charge is 2.18. The lowest BCUT2D eigenvalue weighted by molar-refractivity contribution is -0.918. The van der Waals surface area contributed by atoms with Crippen LogP contribution in [0.4, 0.5) is 0 Å². The van der Waals surface area contributed by atoms with E-state index in [0.29, 0.717) is 0 Å². The van der Waals surface area contributed by atoms with Gasteiger partial charge in [0.15, 0.2) is 0 Å². The molecule has 0 amide bonds. The molecular weight excluding hydrogens is 314 g/mol. The van der Waals surface area contributed by atoms with E-state index in [-0.39, 0.29) is 0 Å². The number of nitrogens with zero attached hydrogens (tertiary/aromatic N) is 2. The molecule has 0 radical (unpaired) electrons. The van der Waals surface area contributed by atoms with Gasteiger partial charge in [-0.25, -0.2) is 0 Å². The Morgan fingerprint density at radius 1 is 1.18 bits per heavy atom. The van der Waals surface area contributed by atoms with Gasteiger partial charge in [0.25, 0.3) is 0 Å². The first-order valence-corrected chi connectivity index (χ1v) is 8.82. The maximum Gasteiger partial charge on any atom is 0.103 e. The molecule has 5 heteroatoms.